The first-order valence-corrected chi connectivity index (χ1v) is 6.85. The number of para-hydroxylation sites is 1. The zero-order valence-corrected chi connectivity index (χ0v) is 11.2. The van der Waals surface area contributed by atoms with Gasteiger partial charge in [0.05, 0.1) is 0 Å². The molecule has 5 heteroatoms. The fourth-order valence-electron chi connectivity index (χ4n) is 2.36. The van der Waals surface area contributed by atoms with E-state index in [0.29, 0.717) is 11.7 Å². The molecule has 1 aromatic heterocycles. The second-order valence-electron chi connectivity index (χ2n) is 4.91. The van der Waals surface area contributed by atoms with Crippen molar-refractivity contribution in [3.8, 4) is 0 Å². The van der Waals surface area contributed by atoms with Gasteiger partial charge in [0.15, 0.2) is 0 Å². The average Bonchev–Trinajstić information content (AvgIpc) is 2.49. The number of benzene rings is 1. The van der Waals surface area contributed by atoms with Gasteiger partial charge in [-0.3, -0.25) is 0 Å². The van der Waals surface area contributed by atoms with Gasteiger partial charge in [-0.25, -0.2) is 9.97 Å². The molecule has 0 radical (unpaired) electrons. The number of nitrogens with two attached hydrogens (primary N) is 1. The largest absolute Gasteiger partial charge is 0.384 e. The lowest BCUT2D eigenvalue weighted by Crippen LogP contribution is -2.17. The van der Waals surface area contributed by atoms with Gasteiger partial charge in [-0.05, 0) is 25.0 Å². The van der Waals surface area contributed by atoms with Crippen LogP contribution in [0.25, 0.3) is 0 Å². The third kappa shape index (κ3) is 3.05. The van der Waals surface area contributed by atoms with Gasteiger partial charge in [-0.15, -0.1) is 0 Å². The second kappa shape index (κ2) is 5.88. The van der Waals surface area contributed by atoms with Crippen molar-refractivity contribution in [3.63, 3.8) is 0 Å². The Labute approximate surface area is 118 Å². The summed E-state index contributed by atoms with van der Waals surface area (Å²) in [4.78, 5) is 8.97. The number of hydrogen-bond acceptors (Lipinski definition) is 5. The van der Waals surface area contributed by atoms with Gasteiger partial charge in [0.2, 0.25) is 0 Å². The lowest BCUT2D eigenvalue weighted by molar-refractivity contribution is 0.0836. The van der Waals surface area contributed by atoms with Gasteiger partial charge >= 0.3 is 0 Å². The van der Waals surface area contributed by atoms with E-state index in [2.05, 4.69) is 15.3 Å². The van der Waals surface area contributed by atoms with Gasteiger partial charge in [0, 0.05) is 30.9 Å². The number of nitrogens with one attached hydrogen (secondary N) is 1. The van der Waals surface area contributed by atoms with Gasteiger partial charge in [0.25, 0.3) is 0 Å². The molecule has 1 aliphatic heterocycles. The molecule has 104 valence electrons. The molecule has 1 fully saturated rings. The van der Waals surface area contributed by atoms with Crippen molar-refractivity contribution < 1.29 is 4.74 Å². The van der Waals surface area contributed by atoms with E-state index in [1.807, 2.05) is 30.3 Å². The monoisotopic (exact) mass is 270 g/mol. The number of ether oxygens (including phenoxy) is 1. The van der Waals surface area contributed by atoms with Crippen molar-refractivity contribution in [1.29, 1.82) is 0 Å². The molecule has 1 aromatic carbocycles. The molecule has 0 unspecified atom stereocenters. The van der Waals surface area contributed by atoms with Crippen LogP contribution in [0.15, 0.2) is 36.4 Å². The maximum atomic E-state index is 5.90. The number of anilines is 3. The molecule has 0 saturated carbocycles. The molecule has 1 aliphatic rings. The van der Waals surface area contributed by atoms with Crippen LogP contribution in [0.1, 0.15) is 24.6 Å². The van der Waals surface area contributed by atoms with E-state index in [0.717, 1.165) is 43.4 Å². The molecule has 1 saturated heterocycles. The van der Waals surface area contributed by atoms with Crippen LogP contribution in [0.2, 0.25) is 0 Å². The summed E-state index contributed by atoms with van der Waals surface area (Å²) >= 11 is 0. The summed E-state index contributed by atoms with van der Waals surface area (Å²) in [6, 6.07) is 11.7. The molecule has 0 amide bonds. The Kier molecular flexibility index (Phi) is 3.78. The summed E-state index contributed by atoms with van der Waals surface area (Å²) in [6.45, 7) is 1.54. The molecule has 3 rings (SSSR count). The Morgan fingerprint density at radius 2 is 1.85 bits per heavy atom. The molecule has 0 aliphatic carbocycles. The molecule has 0 spiro atoms. The van der Waals surface area contributed by atoms with Crippen molar-refractivity contribution in [2.75, 3.05) is 24.3 Å². The summed E-state index contributed by atoms with van der Waals surface area (Å²) in [5.41, 5.74) is 6.89. The molecule has 2 aromatic rings. The molecular formula is C15H18N4O. The van der Waals surface area contributed by atoms with Crippen LogP contribution in [-0.2, 0) is 4.74 Å². The maximum Gasteiger partial charge on any atom is 0.136 e. The van der Waals surface area contributed by atoms with Gasteiger partial charge in [0.1, 0.15) is 17.5 Å². The van der Waals surface area contributed by atoms with Crippen LogP contribution in [0.3, 0.4) is 0 Å². The van der Waals surface area contributed by atoms with E-state index in [9.17, 15) is 0 Å². The lowest BCUT2D eigenvalue weighted by Gasteiger charge is -2.21. The average molecular weight is 270 g/mol. The van der Waals surface area contributed by atoms with E-state index in [1.54, 1.807) is 6.07 Å². The van der Waals surface area contributed by atoms with Crippen LogP contribution in [0.4, 0.5) is 17.3 Å². The van der Waals surface area contributed by atoms with Gasteiger partial charge in [-0.2, -0.15) is 0 Å². The van der Waals surface area contributed by atoms with Crippen LogP contribution < -0.4 is 11.1 Å². The minimum absolute atomic E-state index is 0.337. The van der Waals surface area contributed by atoms with E-state index in [1.165, 1.54) is 0 Å². The smallest absolute Gasteiger partial charge is 0.136 e. The zero-order valence-electron chi connectivity index (χ0n) is 11.2. The predicted octanol–water partition coefficient (Wildman–Crippen LogP) is 2.70. The van der Waals surface area contributed by atoms with E-state index in [4.69, 9.17) is 10.5 Å². The highest BCUT2D eigenvalue weighted by Gasteiger charge is 2.19. The van der Waals surface area contributed by atoms with E-state index >= 15 is 0 Å². The maximum absolute atomic E-state index is 5.90. The normalized spacial score (nSPS) is 16.0. The summed E-state index contributed by atoms with van der Waals surface area (Å²) in [6.07, 6.45) is 1.91. The lowest BCUT2D eigenvalue weighted by atomic mass is 9.99. The molecule has 0 bridgehead atoms. The molecule has 2 heterocycles. The third-order valence-corrected chi connectivity index (χ3v) is 3.40. The molecule has 20 heavy (non-hydrogen) atoms. The Bertz CT molecular complexity index is 567. The number of aromatic nitrogens is 2. The summed E-state index contributed by atoms with van der Waals surface area (Å²) < 4.78 is 5.37. The number of nitrogens with zero attached hydrogens (tertiary/aromatic N) is 2. The minimum atomic E-state index is 0.337. The predicted molar refractivity (Wildman–Crippen MR) is 79.0 cm³/mol. The van der Waals surface area contributed by atoms with Crippen molar-refractivity contribution in [2.45, 2.75) is 18.8 Å². The summed E-state index contributed by atoms with van der Waals surface area (Å²) in [5.74, 6) is 2.39. The fourth-order valence-corrected chi connectivity index (χ4v) is 2.36. The third-order valence-electron chi connectivity index (χ3n) is 3.40. The fraction of sp³-hybridized carbons (Fsp3) is 0.333. The van der Waals surface area contributed by atoms with E-state index < -0.39 is 0 Å². The van der Waals surface area contributed by atoms with Crippen LogP contribution in [0, 0.1) is 0 Å². The first-order valence-electron chi connectivity index (χ1n) is 6.85. The topological polar surface area (TPSA) is 73.1 Å². The van der Waals surface area contributed by atoms with Crippen molar-refractivity contribution >= 4 is 17.3 Å². The zero-order chi connectivity index (χ0) is 13.8. The summed E-state index contributed by atoms with van der Waals surface area (Å²) in [7, 11) is 0. The highest BCUT2D eigenvalue weighted by Crippen LogP contribution is 2.26. The molecular weight excluding hydrogens is 252 g/mol. The SMILES string of the molecule is Nc1cc(Nc2ccccc2)nc(C2CCOCC2)n1. The highest BCUT2D eigenvalue weighted by molar-refractivity contribution is 5.58. The Morgan fingerprint density at radius 1 is 1.10 bits per heavy atom. The number of hydrogen-bond donors (Lipinski definition) is 2. The van der Waals surface area contributed by atoms with Crippen molar-refractivity contribution in [3.05, 3.63) is 42.2 Å². The van der Waals surface area contributed by atoms with E-state index in [-0.39, 0.29) is 0 Å². The quantitative estimate of drug-likeness (QED) is 0.897. The Morgan fingerprint density at radius 3 is 2.60 bits per heavy atom. The van der Waals surface area contributed by atoms with Gasteiger partial charge in [-0.1, -0.05) is 18.2 Å². The Hall–Kier alpha value is -2.14. The second-order valence-corrected chi connectivity index (χ2v) is 4.91. The molecule has 0 atom stereocenters. The van der Waals surface area contributed by atoms with Crippen LogP contribution in [-0.4, -0.2) is 23.2 Å². The Balaban J connectivity index is 1.82. The van der Waals surface area contributed by atoms with Crippen LogP contribution >= 0.6 is 0 Å². The first kappa shape index (κ1) is 12.9. The summed E-state index contributed by atoms with van der Waals surface area (Å²) in [5, 5.41) is 3.26. The standard InChI is InChI=1S/C15H18N4O/c16-13-10-14(17-12-4-2-1-3-5-12)19-15(18-13)11-6-8-20-9-7-11/h1-5,10-11H,6-9H2,(H3,16,17,18,19). The van der Waals surface area contributed by atoms with Gasteiger partial charge < -0.3 is 15.8 Å². The van der Waals surface area contributed by atoms with Crippen molar-refractivity contribution in [2.24, 2.45) is 0 Å². The van der Waals surface area contributed by atoms with Crippen molar-refractivity contribution in [1.82, 2.24) is 9.97 Å². The molecule has 3 N–H and O–H groups in total. The molecule has 5 nitrogen and oxygen atoms in total. The minimum Gasteiger partial charge on any atom is -0.384 e. The highest BCUT2D eigenvalue weighted by atomic mass is 16.5. The van der Waals surface area contributed by atoms with Crippen LogP contribution in [0.5, 0.6) is 0 Å². The number of rotatable bonds is 3. The number of nitrogen functional groups attached to an aromatic ring is 1. The first-order chi connectivity index (χ1) is 9.81.